The van der Waals surface area contributed by atoms with Crippen molar-refractivity contribution in [1.29, 1.82) is 0 Å². The number of aromatic nitrogens is 1. The Morgan fingerprint density at radius 2 is 1.59 bits per heavy atom. The lowest BCUT2D eigenvalue weighted by molar-refractivity contribution is 0.0951. The smallest absolute Gasteiger partial charge is 0.251 e. The van der Waals surface area contributed by atoms with E-state index >= 15 is 0 Å². The van der Waals surface area contributed by atoms with Gasteiger partial charge in [-0.15, -0.1) is 0 Å². The van der Waals surface area contributed by atoms with Gasteiger partial charge in [0.2, 0.25) is 0 Å². The van der Waals surface area contributed by atoms with Crippen LogP contribution >= 0.6 is 23.5 Å². The van der Waals surface area contributed by atoms with E-state index in [4.69, 9.17) is 11.6 Å². The minimum atomic E-state index is -0.293. The zero-order chi connectivity index (χ0) is 23.5. The van der Waals surface area contributed by atoms with Crippen LogP contribution in [0.1, 0.15) is 15.9 Å². The van der Waals surface area contributed by atoms with Gasteiger partial charge >= 0.3 is 0 Å². The third-order valence-corrected chi connectivity index (χ3v) is 6.75. The van der Waals surface area contributed by atoms with Crippen molar-refractivity contribution in [2.45, 2.75) is 11.4 Å². The zero-order valence-corrected chi connectivity index (χ0v) is 19.6. The first-order chi connectivity index (χ1) is 16.6. The average Bonchev–Trinajstić information content (AvgIpc) is 3.23. The molecule has 34 heavy (non-hydrogen) atoms. The van der Waals surface area contributed by atoms with Crippen LogP contribution in [0.25, 0.3) is 22.0 Å². The molecule has 6 heteroatoms. The Hall–Kier alpha value is -3.54. The summed E-state index contributed by atoms with van der Waals surface area (Å²) >= 11 is 7.66. The highest BCUT2D eigenvalue weighted by atomic mass is 35.5. The molecule has 1 heterocycles. The Morgan fingerprint density at radius 3 is 2.32 bits per heavy atom. The predicted octanol–water partition coefficient (Wildman–Crippen LogP) is 7.59. The van der Waals surface area contributed by atoms with Gasteiger partial charge in [0.05, 0.1) is 5.52 Å². The summed E-state index contributed by atoms with van der Waals surface area (Å²) in [5.74, 6) is -0.462. The highest BCUT2D eigenvalue weighted by Crippen LogP contribution is 2.35. The number of benzene rings is 4. The zero-order valence-electron chi connectivity index (χ0n) is 18.0. The van der Waals surface area contributed by atoms with E-state index in [9.17, 15) is 9.18 Å². The number of nitrogens with one attached hydrogen (secondary N) is 1. The molecule has 0 fully saturated rings. The number of para-hydroxylation sites is 1. The fourth-order valence-electron chi connectivity index (χ4n) is 3.75. The summed E-state index contributed by atoms with van der Waals surface area (Å²) in [6.45, 7) is 0.346. The standard InChI is InChI=1S/C28H20ClFN2OS/c29-22-11-7-20(8-12-22)26-18-32(27-4-2-1-3-25(26)27)34-24-15-9-21(10-16-24)28(33)31-17-19-5-13-23(30)14-6-19/h1-16,18H,17H2,(H,31,33). The number of fused-ring (bicyclic) bond motifs is 1. The van der Waals surface area contributed by atoms with Gasteiger partial charge in [0.1, 0.15) is 5.82 Å². The Bertz CT molecular complexity index is 1450. The van der Waals surface area contributed by atoms with Crippen LogP contribution in [0.2, 0.25) is 5.02 Å². The molecule has 0 aliphatic carbocycles. The van der Waals surface area contributed by atoms with Crippen molar-refractivity contribution in [3.05, 3.63) is 125 Å². The molecule has 5 rings (SSSR count). The van der Waals surface area contributed by atoms with Crippen molar-refractivity contribution in [1.82, 2.24) is 9.29 Å². The summed E-state index contributed by atoms with van der Waals surface area (Å²) in [6.07, 6.45) is 2.13. The van der Waals surface area contributed by atoms with Crippen molar-refractivity contribution >= 4 is 40.4 Å². The monoisotopic (exact) mass is 486 g/mol. The van der Waals surface area contributed by atoms with E-state index in [1.807, 2.05) is 60.7 Å². The summed E-state index contributed by atoms with van der Waals surface area (Å²) in [4.78, 5) is 13.5. The number of hydrogen-bond acceptors (Lipinski definition) is 2. The SMILES string of the molecule is O=C(NCc1ccc(F)cc1)c1ccc(Sn2cc(-c3ccc(Cl)cc3)c3ccccc32)cc1. The van der Waals surface area contributed by atoms with E-state index < -0.39 is 0 Å². The summed E-state index contributed by atoms with van der Waals surface area (Å²) in [5, 5.41) is 4.74. The van der Waals surface area contributed by atoms with Gasteiger partial charge in [0.25, 0.3) is 5.91 Å². The number of amides is 1. The second-order valence-electron chi connectivity index (χ2n) is 7.82. The van der Waals surface area contributed by atoms with Crippen LogP contribution < -0.4 is 5.32 Å². The highest BCUT2D eigenvalue weighted by Gasteiger charge is 2.12. The summed E-state index contributed by atoms with van der Waals surface area (Å²) < 4.78 is 15.2. The molecule has 0 atom stereocenters. The molecule has 0 aliphatic heterocycles. The second-order valence-corrected chi connectivity index (χ2v) is 9.30. The molecule has 1 amide bonds. The normalized spacial score (nSPS) is 11.0. The molecule has 1 N–H and O–H groups in total. The number of halogens is 2. The molecule has 0 aliphatic rings. The van der Waals surface area contributed by atoms with Gasteiger partial charge in [0.15, 0.2) is 0 Å². The molecular formula is C28H20ClFN2OS. The predicted molar refractivity (Wildman–Crippen MR) is 138 cm³/mol. The topological polar surface area (TPSA) is 34.0 Å². The first-order valence-electron chi connectivity index (χ1n) is 10.7. The first-order valence-corrected chi connectivity index (χ1v) is 11.9. The molecule has 3 nitrogen and oxygen atoms in total. The van der Waals surface area contributed by atoms with Gasteiger partial charge < -0.3 is 5.32 Å². The lowest BCUT2D eigenvalue weighted by atomic mass is 10.1. The van der Waals surface area contributed by atoms with Crippen LogP contribution in [0.5, 0.6) is 0 Å². The van der Waals surface area contributed by atoms with Gasteiger partial charge in [-0.2, -0.15) is 0 Å². The molecule has 1 aromatic heterocycles. The minimum absolute atomic E-state index is 0.169. The van der Waals surface area contributed by atoms with Gasteiger partial charge in [0, 0.05) is 39.2 Å². The van der Waals surface area contributed by atoms with Gasteiger partial charge in [-0.3, -0.25) is 8.77 Å². The molecule has 168 valence electrons. The molecule has 0 spiro atoms. The van der Waals surface area contributed by atoms with E-state index in [2.05, 4.69) is 27.6 Å². The van der Waals surface area contributed by atoms with Crippen molar-refractivity contribution in [3.63, 3.8) is 0 Å². The first kappa shape index (κ1) is 22.3. The number of rotatable bonds is 6. The van der Waals surface area contributed by atoms with Gasteiger partial charge in [-0.1, -0.05) is 54.1 Å². The van der Waals surface area contributed by atoms with Crippen LogP contribution in [0.3, 0.4) is 0 Å². The summed E-state index contributed by atoms with van der Waals surface area (Å²) in [7, 11) is 0. The van der Waals surface area contributed by atoms with Crippen LogP contribution in [-0.2, 0) is 6.54 Å². The third-order valence-electron chi connectivity index (χ3n) is 5.52. The fourth-order valence-corrected chi connectivity index (χ4v) is 4.78. The molecule has 0 radical (unpaired) electrons. The Balaban J connectivity index is 1.33. The molecule has 5 aromatic rings. The maximum absolute atomic E-state index is 13.0. The summed E-state index contributed by atoms with van der Waals surface area (Å²) in [6, 6.07) is 29.7. The molecule has 0 bridgehead atoms. The Labute approximate surface area is 206 Å². The lowest BCUT2D eigenvalue weighted by Crippen LogP contribution is -2.22. The van der Waals surface area contributed by atoms with Crippen LogP contribution in [0.4, 0.5) is 4.39 Å². The number of hydrogen-bond donors (Lipinski definition) is 1. The van der Waals surface area contributed by atoms with Crippen LogP contribution in [0.15, 0.2) is 108 Å². The maximum Gasteiger partial charge on any atom is 0.251 e. The summed E-state index contributed by atoms with van der Waals surface area (Å²) in [5.41, 5.74) is 4.77. The largest absolute Gasteiger partial charge is 0.348 e. The quantitative estimate of drug-likeness (QED) is 0.268. The molecule has 0 saturated heterocycles. The molecule has 0 saturated carbocycles. The van der Waals surface area contributed by atoms with Crippen LogP contribution in [0, 0.1) is 5.82 Å². The minimum Gasteiger partial charge on any atom is -0.348 e. The van der Waals surface area contributed by atoms with Crippen molar-refractivity contribution in [2.24, 2.45) is 0 Å². The fraction of sp³-hybridized carbons (Fsp3) is 0.0357. The molecule has 4 aromatic carbocycles. The maximum atomic E-state index is 13.0. The van der Waals surface area contributed by atoms with Crippen molar-refractivity contribution < 1.29 is 9.18 Å². The van der Waals surface area contributed by atoms with E-state index in [1.165, 1.54) is 12.1 Å². The molecule has 0 unspecified atom stereocenters. The van der Waals surface area contributed by atoms with E-state index in [1.54, 1.807) is 24.1 Å². The highest BCUT2D eigenvalue weighted by molar-refractivity contribution is 7.98. The number of carbonyl (C=O) groups is 1. The van der Waals surface area contributed by atoms with Gasteiger partial charge in [-0.05, 0) is 77.7 Å². The second kappa shape index (κ2) is 9.75. The molecular weight excluding hydrogens is 467 g/mol. The lowest BCUT2D eigenvalue weighted by Gasteiger charge is -2.07. The van der Waals surface area contributed by atoms with E-state index in [-0.39, 0.29) is 11.7 Å². The number of nitrogens with zero attached hydrogens (tertiary/aromatic N) is 1. The average molecular weight is 487 g/mol. The van der Waals surface area contributed by atoms with Crippen molar-refractivity contribution in [2.75, 3.05) is 0 Å². The Morgan fingerprint density at radius 1 is 0.882 bits per heavy atom. The third kappa shape index (κ3) is 4.86. The van der Waals surface area contributed by atoms with Crippen LogP contribution in [-0.4, -0.2) is 9.88 Å². The number of carbonyl (C=O) groups excluding carboxylic acids is 1. The van der Waals surface area contributed by atoms with E-state index in [0.717, 1.165) is 32.5 Å². The van der Waals surface area contributed by atoms with Crippen molar-refractivity contribution in [3.8, 4) is 11.1 Å². The van der Waals surface area contributed by atoms with Gasteiger partial charge in [-0.25, -0.2) is 4.39 Å². The Kier molecular flexibility index (Phi) is 6.39. The van der Waals surface area contributed by atoms with E-state index in [0.29, 0.717) is 17.1 Å².